The zero-order chi connectivity index (χ0) is 13.3. The van der Waals surface area contributed by atoms with Crippen molar-refractivity contribution in [3.8, 4) is 11.3 Å². The summed E-state index contributed by atoms with van der Waals surface area (Å²) in [5.41, 5.74) is 5.36. The van der Waals surface area contributed by atoms with Gasteiger partial charge in [0.05, 0.1) is 5.69 Å². The van der Waals surface area contributed by atoms with Gasteiger partial charge in [0.1, 0.15) is 0 Å². The van der Waals surface area contributed by atoms with Crippen molar-refractivity contribution in [2.75, 3.05) is 5.73 Å². The molecular formula is C11H7F2N3O2. The molecule has 7 heteroatoms. The molecule has 0 amide bonds. The molecule has 2 rings (SSSR count). The molecule has 0 bridgehead atoms. The van der Waals surface area contributed by atoms with E-state index in [4.69, 9.17) is 10.8 Å². The molecule has 92 valence electrons. The van der Waals surface area contributed by atoms with Gasteiger partial charge in [0.25, 0.3) is 0 Å². The summed E-state index contributed by atoms with van der Waals surface area (Å²) in [5.74, 6) is -3.59. The fraction of sp³-hybridized carbons (Fsp3) is 0. The molecule has 1 aromatic heterocycles. The standard InChI is InChI=1S/C11H7F2N3O2/c12-6-2-1-5(3-7(6)13)8-4-9(10(17)18)16-11(14)15-8/h1-4H,(H,17,18)(H2,14,15,16). The van der Waals surface area contributed by atoms with E-state index in [1.807, 2.05) is 0 Å². The summed E-state index contributed by atoms with van der Waals surface area (Å²) < 4.78 is 25.8. The monoisotopic (exact) mass is 251 g/mol. The number of carboxylic acid groups (broad SMARTS) is 1. The number of benzene rings is 1. The highest BCUT2D eigenvalue weighted by Gasteiger charge is 2.11. The minimum absolute atomic E-state index is 0.110. The van der Waals surface area contributed by atoms with Gasteiger partial charge in [-0.25, -0.2) is 23.5 Å². The summed E-state index contributed by atoms with van der Waals surface area (Å²) >= 11 is 0. The Bertz CT molecular complexity index is 632. The number of aromatic nitrogens is 2. The van der Waals surface area contributed by atoms with Crippen LogP contribution in [0.5, 0.6) is 0 Å². The first-order valence-electron chi connectivity index (χ1n) is 4.80. The molecular weight excluding hydrogens is 244 g/mol. The van der Waals surface area contributed by atoms with Gasteiger partial charge in [-0.1, -0.05) is 0 Å². The van der Waals surface area contributed by atoms with Gasteiger partial charge >= 0.3 is 5.97 Å². The average Bonchev–Trinajstić information content (AvgIpc) is 2.31. The normalized spacial score (nSPS) is 10.3. The van der Waals surface area contributed by atoms with Crippen LogP contribution in [0.1, 0.15) is 10.5 Å². The summed E-state index contributed by atoms with van der Waals surface area (Å²) in [5, 5.41) is 8.80. The van der Waals surface area contributed by atoms with Crippen LogP contribution in [-0.2, 0) is 0 Å². The number of rotatable bonds is 2. The van der Waals surface area contributed by atoms with Crippen LogP contribution in [0.25, 0.3) is 11.3 Å². The van der Waals surface area contributed by atoms with Gasteiger partial charge in [0.2, 0.25) is 5.95 Å². The Kier molecular flexibility index (Phi) is 2.88. The second-order valence-corrected chi connectivity index (χ2v) is 3.43. The Morgan fingerprint density at radius 1 is 1.17 bits per heavy atom. The number of aromatic carboxylic acids is 1. The Labute approximate surface area is 99.9 Å². The van der Waals surface area contributed by atoms with Crippen molar-refractivity contribution in [1.29, 1.82) is 0 Å². The molecule has 1 heterocycles. The summed E-state index contributed by atoms with van der Waals surface area (Å²) in [7, 11) is 0. The van der Waals surface area contributed by atoms with Crippen LogP contribution >= 0.6 is 0 Å². The maximum atomic E-state index is 13.1. The Hall–Kier alpha value is -2.57. The summed E-state index contributed by atoms with van der Waals surface area (Å²) in [6, 6.07) is 4.23. The molecule has 3 N–H and O–H groups in total. The molecule has 2 aromatic rings. The lowest BCUT2D eigenvalue weighted by Crippen LogP contribution is -2.06. The van der Waals surface area contributed by atoms with E-state index in [1.54, 1.807) is 0 Å². The molecule has 0 spiro atoms. The lowest BCUT2D eigenvalue weighted by atomic mass is 10.1. The maximum Gasteiger partial charge on any atom is 0.354 e. The molecule has 0 radical (unpaired) electrons. The minimum Gasteiger partial charge on any atom is -0.477 e. The SMILES string of the molecule is Nc1nc(C(=O)O)cc(-c2ccc(F)c(F)c2)n1. The van der Waals surface area contributed by atoms with E-state index in [0.717, 1.165) is 18.2 Å². The van der Waals surface area contributed by atoms with E-state index in [-0.39, 0.29) is 22.9 Å². The Morgan fingerprint density at radius 2 is 1.89 bits per heavy atom. The molecule has 1 aromatic carbocycles. The van der Waals surface area contributed by atoms with Crippen molar-refractivity contribution in [1.82, 2.24) is 9.97 Å². The van der Waals surface area contributed by atoms with Crippen LogP contribution in [0.3, 0.4) is 0 Å². The van der Waals surface area contributed by atoms with Crippen LogP contribution in [0, 0.1) is 11.6 Å². The molecule has 18 heavy (non-hydrogen) atoms. The van der Waals surface area contributed by atoms with Gasteiger partial charge < -0.3 is 10.8 Å². The van der Waals surface area contributed by atoms with Crippen molar-refractivity contribution in [2.45, 2.75) is 0 Å². The number of nitrogen functional groups attached to an aromatic ring is 1. The first-order chi connectivity index (χ1) is 8.47. The van der Waals surface area contributed by atoms with E-state index in [1.165, 1.54) is 6.07 Å². The number of hydrogen-bond donors (Lipinski definition) is 2. The average molecular weight is 251 g/mol. The molecule has 0 aliphatic carbocycles. The van der Waals surface area contributed by atoms with Crippen molar-refractivity contribution in [3.63, 3.8) is 0 Å². The number of halogens is 2. The van der Waals surface area contributed by atoms with E-state index < -0.39 is 17.6 Å². The third kappa shape index (κ3) is 2.24. The van der Waals surface area contributed by atoms with Gasteiger partial charge in [-0.05, 0) is 24.3 Å². The van der Waals surface area contributed by atoms with E-state index in [2.05, 4.69) is 9.97 Å². The molecule has 0 saturated carbocycles. The number of carbonyl (C=O) groups is 1. The largest absolute Gasteiger partial charge is 0.477 e. The topological polar surface area (TPSA) is 89.1 Å². The lowest BCUT2D eigenvalue weighted by Gasteiger charge is -2.04. The summed E-state index contributed by atoms with van der Waals surface area (Å²) in [6.07, 6.45) is 0. The highest BCUT2D eigenvalue weighted by molar-refractivity contribution is 5.87. The molecule has 0 aliphatic heterocycles. The molecule has 0 atom stereocenters. The van der Waals surface area contributed by atoms with Crippen molar-refractivity contribution < 1.29 is 18.7 Å². The molecule has 0 unspecified atom stereocenters. The van der Waals surface area contributed by atoms with Gasteiger partial charge in [-0.3, -0.25) is 0 Å². The van der Waals surface area contributed by atoms with Gasteiger partial charge in [0.15, 0.2) is 17.3 Å². The van der Waals surface area contributed by atoms with Crippen molar-refractivity contribution in [3.05, 3.63) is 41.6 Å². The number of nitrogens with two attached hydrogens (primary N) is 1. The Morgan fingerprint density at radius 3 is 2.50 bits per heavy atom. The zero-order valence-electron chi connectivity index (χ0n) is 8.89. The van der Waals surface area contributed by atoms with Crippen LogP contribution in [0.15, 0.2) is 24.3 Å². The van der Waals surface area contributed by atoms with Gasteiger partial charge in [-0.2, -0.15) is 0 Å². The predicted molar refractivity (Wildman–Crippen MR) is 58.8 cm³/mol. The number of nitrogens with zero attached hydrogens (tertiary/aromatic N) is 2. The fourth-order valence-corrected chi connectivity index (χ4v) is 1.38. The third-order valence-corrected chi connectivity index (χ3v) is 2.18. The summed E-state index contributed by atoms with van der Waals surface area (Å²) in [6.45, 7) is 0. The van der Waals surface area contributed by atoms with E-state index in [9.17, 15) is 13.6 Å². The van der Waals surface area contributed by atoms with Crippen LogP contribution < -0.4 is 5.73 Å². The van der Waals surface area contributed by atoms with Crippen LogP contribution in [0.4, 0.5) is 14.7 Å². The van der Waals surface area contributed by atoms with E-state index in [0.29, 0.717) is 0 Å². The fourth-order valence-electron chi connectivity index (χ4n) is 1.38. The van der Waals surface area contributed by atoms with Crippen LogP contribution in [0.2, 0.25) is 0 Å². The lowest BCUT2D eigenvalue weighted by molar-refractivity contribution is 0.0690. The second kappa shape index (κ2) is 4.36. The summed E-state index contributed by atoms with van der Waals surface area (Å²) in [4.78, 5) is 18.0. The number of carboxylic acids is 1. The van der Waals surface area contributed by atoms with Gasteiger partial charge in [0, 0.05) is 5.56 Å². The molecule has 0 saturated heterocycles. The first kappa shape index (κ1) is 11.9. The number of anilines is 1. The van der Waals surface area contributed by atoms with Crippen molar-refractivity contribution in [2.24, 2.45) is 0 Å². The van der Waals surface area contributed by atoms with Crippen molar-refractivity contribution >= 4 is 11.9 Å². The number of hydrogen-bond acceptors (Lipinski definition) is 4. The second-order valence-electron chi connectivity index (χ2n) is 3.43. The first-order valence-corrected chi connectivity index (χ1v) is 4.80. The molecule has 0 aliphatic rings. The minimum atomic E-state index is -1.28. The third-order valence-electron chi connectivity index (χ3n) is 2.18. The zero-order valence-corrected chi connectivity index (χ0v) is 8.89. The maximum absolute atomic E-state index is 13.1. The Balaban J connectivity index is 2.56. The highest BCUT2D eigenvalue weighted by atomic mass is 19.2. The molecule has 0 fully saturated rings. The highest BCUT2D eigenvalue weighted by Crippen LogP contribution is 2.21. The predicted octanol–water partition coefficient (Wildman–Crippen LogP) is 1.70. The quantitative estimate of drug-likeness (QED) is 0.847. The smallest absolute Gasteiger partial charge is 0.354 e. The van der Waals surface area contributed by atoms with E-state index >= 15 is 0 Å². The van der Waals surface area contributed by atoms with Crippen LogP contribution in [-0.4, -0.2) is 21.0 Å². The van der Waals surface area contributed by atoms with Gasteiger partial charge in [-0.15, -0.1) is 0 Å². The molecule has 5 nitrogen and oxygen atoms in total.